The first-order chi connectivity index (χ1) is 13.8. The summed E-state index contributed by atoms with van der Waals surface area (Å²) in [5.74, 6) is 0.946. The lowest BCUT2D eigenvalue weighted by molar-refractivity contribution is 0.101. The molecule has 11 heteroatoms. The van der Waals surface area contributed by atoms with Crippen molar-refractivity contribution in [1.29, 1.82) is 0 Å². The van der Waals surface area contributed by atoms with Gasteiger partial charge in [-0.05, 0) is 37.1 Å². The number of anilines is 1. The minimum atomic E-state index is -3.54. The number of nitrogens with zero attached hydrogens (tertiary/aromatic N) is 3. The number of aromatic nitrogens is 4. The topological polar surface area (TPSA) is 130 Å². The van der Waals surface area contributed by atoms with E-state index >= 15 is 0 Å². The number of rotatable bonds is 6. The van der Waals surface area contributed by atoms with Crippen LogP contribution in [-0.4, -0.2) is 58.5 Å². The highest BCUT2D eigenvalue weighted by Gasteiger charge is 2.34. The molecule has 0 radical (unpaired) electrons. The van der Waals surface area contributed by atoms with Crippen LogP contribution >= 0.6 is 11.6 Å². The molecule has 0 spiro atoms. The number of benzene rings is 1. The van der Waals surface area contributed by atoms with Gasteiger partial charge in [0.2, 0.25) is 0 Å². The van der Waals surface area contributed by atoms with Crippen molar-refractivity contribution >= 4 is 38.7 Å². The number of hydrogen-bond donors (Lipinski definition) is 3. The first-order valence-electron chi connectivity index (χ1n) is 9.04. The lowest BCUT2D eigenvalue weighted by atomic mass is 10.1. The number of fused-ring (bicyclic) bond motifs is 1. The minimum Gasteiger partial charge on any atom is -0.393 e. The lowest BCUT2D eigenvalue weighted by Crippen LogP contribution is -2.20. The Kier molecular flexibility index (Phi) is 5.43. The zero-order valence-corrected chi connectivity index (χ0v) is 17.1. The SMILES string of the molecule is CS(=O)(=O)OC[C@@H]1C[C@@H](Nc2ncnc3nc(-c4ccc(Cl)cc4)[nH]c23)C[C@@H]1O. The monoisotopic (exact) mass is 437 g/mol. The summed E-state index contributed by atoms with van der Waals surface area (Å²) in [6.45, 7) is -0.0395. The highest BCUT2D eigenvalue weighted by atomic mass is 35.5. The molecular formula is C18H20ClN5O4S. The zero-order valence-electron chi connectivity index (χ0n) is 15.5. The molecule has 9 nitrogen and oxygen atoms in total. The first kappa shape index (κ1) is 20.0. The molecule has 1 aliphatic rings. The van der Waals surface area contributed by atoms with Crippen molar-refractivity contribution in [2.45, 2.75) is 25.0 Å². The molecule has 3 aromatic rings. The Morgan fingerprint density at radius 3 is 2.76 bits per heavy atom. The quantitative estimate of drug-likeness (QED) is 0.500. The van der Waals surface area contributed by atoms with E-state index in [1.807, 2.05) is 12.1 Å². The van der Waals surface area contributed by atoms with Crippen LogP contribution in [0.3, 0.4) is 0 Å². The summed E-state index contributed by atoms with van der Waals surface area (Å²) in [6, 6.07) is 7.21. The van der Waals surface area contributed by atoms with Crippen molar-refractivity contribution in [3.8, 4) is 11.4 Å². The fraction of sp³-hybridized carbons (Fsp3) is 0.389. The zero-order chi connectivity index (χ0) is 20.6. The Morgan fingerprint density at radius 2 is 2.03 bits per heavy atom. The summed E-state index contributed by atoms with van der Waals surface area (Å²) in [5, 5.41) is 14.2. The van der Waals surface area contributed by atoms with E-state index in [4.69, 9.17) is 15.8 Å². The number of aliphatic hydroxyl groups excluding tert-OH is 1. The van der Waals surface area contributed by atoms with Gasteiger partial charge in [-0.25, -0.2) is 15.0 Å². The third-order valence-electron chi connectivity index (χ3n) is 4.90. The van der Waals surface area contributed by atoms with E-state index < -0.39 is 16.2 Å². The maximum Gasteiger partial charge on any atom is 0.264 e. The molecule has 1 fully saturated rings. The smallest absolute Gasteiger partial charge is 0.264 e. The van der Waals surface area contributed by atoms with E-state index in [0.717, 1.165) is 11.8 Å². The largest absolute Gasteiger partial charge is 0.393 e. The summed E-state index contributed by atoms with van der Waals surface area (Å²) in [5.41, 5.74) is 2.04. The summed E-state index contributed by atoms with van der Waals surface area (Å²) < 4.78 is 27.2. The Hall–Kier alpha value is -2.27. The molecule has 0 saturated heterocycles. The van der Waals surface area contributed by atoms with Gasteiger partial charge in [-0.1, -0.05) is 11.6 Å². The van der Waals surface area contributed by atoms with Gasteiger partial charge in [-0.15, -0.1) is 0 Å². The summed E-state index contributed by atoms with van der Waals surface area (Å²) in [4.78, 5) is 16.3. The molecule has 0 unspecified atom stereocenters. The lowest BCUT2D eigenvalue weighted by Gasteiger charge is -2.14. The van der Waals surface area contributed by atoms with E-state index in [9.17, 15) is 13.5 Å². The molecule has 3 atom stereocenters. The van der Waals surface area contributed by atoms with Crippen molar-refractivity contribution < 1.29 is 17.7 Å². The van der Waals surface area contributed by atoms with Gasteiger partial charge in [0.1, 0.15) is 17.7 Å². The van der Waals surface area contributed by atoms with Gasteiger partial charge in [0, 0.05) is 22.5 Å². The van der Waals surface area contributed by atoms with Crippen LogP contribution in [0.15, 0.2) is 30.6 Å². The molecule has 3 N–H and O–H groups in total. The average molecular weight is 438 g/mol. The predicted octanol–water partition coefficient (Wildman–Crippen LogP) is 2.20. The molecule has 0 aliphatic heterocycles. The van der Waals surface area contributed by atoms with Crippen molar-refractivity contribution in [2.24, 2.45) is 5.92 Å². The second kappa shape index (κ2) is 7.86. The van der Waals surface area contributed by atoms with Gasteiger partial charge in [-0.3, -0.25) is 4.18 Å². The summed E-state index contributed by atoms with van der Waals surface area (Å²) in [6.07, 6.45) is 2.78. The first-order valence-corrected chi connectivity index (χ1v) is 11.2. The molecule has 29 heavy (non-hydrogen) atoms. The number of aliphatic hydroxyl groups is 1. The van der Waals surface area contributed by atoms with Crippen LogP contribution in [0.2, 0.25) is 5.02 Å². The van der Waals surface area contributed by atoms with Crippen LogP contribution in [0.25, 0.3) is 22.6 Å². The van der Waals surface area contributed by atoms with E-state index in [-0.39, 0.29) is 18.6 Å². The van der Waals surface area contributed by atoms with E-state index in [1.54, 1.807) is 12.1 Å². The molecule has 2 heterocycles. The number of hydrogen-bond acceptors (Lipinski definition) is 8. The molecule has 4 rings (SSSR count). The van der Waals surface area contributed by atoms with Crippen molar-refractivity contribution in [1.82, 2.24) is 19.9 Å². The number of H-pyrrole nitrogens is 1. The third-order valence-corrected chi connectivity index (χ3v) is 5.72. The number of imidazole rings is 1. The van der Waals surface area contributed by atoms with Crippen molar-refractivity contribution in [2.75, 3.05) is 18.2 Å². The molecule has 154 valence electrons. The van der Waals surface area contributed by atoms with Crippen LogP contribution in [0.5, 0.6) is 0 Å². The van der Waals surface area contributed by atoms with Crippen molar-refractivity contribution in [3.05, 3.63) is 35.6 Å². The van der Waals surface area contributed by atoms with Gasteiger partial charge in [0.25, 0.3) is 10.1 Å². The maximum atomic E-state index is 11.2. The fourth-order valence-corrected chi connectivity index (χ4v) is 4.03. The van der Waals surface area contributed by atoms with Crippen LogP contribution in [-0.2, 0) is 14.3 Å². The molecule has 1 saturated carbocycles. The van der Waals surface area contributed by atoms with Crippen LogP contribution in [0, 0.1) is 5.92 Å². The summed E-state index contributed by atoms with van der Waals surface area (Å²) >= 11 is 5.94. The Balaban J connectivity index is 1.52. The van der Waals surface area contributed by atoms with Crippen LogP contribution in [0.4, 0.5) is 5.82 Å². The third kappa shape index (κ3) is 4.67. The molecule has 0 bridgehead atoms. The van der Waals surface area contributed by atoms with E-state index in [2.05, 4.69) is 25.3 Å². The van der Waals surface area contributed by atoms with Crippen LogP contribution < -0.4 is 5.32 Å². The van der Waals surface area contributed by atoms with Gasteiger partial charge in [-0.2, -0.15) is 8.42 Å². The fourth-order valence-electron chi connectivity index (χ4n) is 3.49. The maximum absolute atomic E-state index is 11.2. The van der Waals surface area contributed by atoms with Gasteiger partial charge in [0.05, 0.1) is 19.0 Å². The molecule has 2 aromatic heterocycles. The molecule has 1 aliphatic carbocycles. The number of aromatic amines is 1. The van der Waals surface area contributed by atoms with Crippen molar-refractivity contribution in [3.63, 3.8) is 0 Å². The normalized spacial score (nSPS) is 22.2. The second-order valence-electron chi connectivity index (χ2n) is 7.14. The average Bonchev–Trinajstić information content (AvgIpc) is 3.24. The molecular weight excluding hydrogens is 418 g/mol. The predicted molar refractivity (Wildman–Crippen MR) is 109 cm³/mol. The standard InChI is InChI=1S/C18H20ClN5O4S/c1-29(26,27)28-8-11-6-13(7-14(11)25)22-17-15-18(21-9-20-17)24-16(23-15)10-2-4-12(19)5-3-10/h2-5,9,11,13-14,25H,6-8H2,1H3,(H2,20,21,22,23,24)/t11-,13+,14-/m0/s1. The Bertz CT molecular complexity index is 1120. The Labute approximate surface area is 172 Å². The Morgan fingerprint density at radius 1 is 1.28 bits per heavy atom. The van der Waals surface area contributed by atoms with E-state index in [0.29, 0.717) is 40.7 Å². The molecule has 0 amide bonds. The molecule has 1 aromatic carbocycles. The van der Waals surface area contributed by atoms with Gasteiger partial charge < -0.3 is 15.4 Å². The van der Waals surface area contributed by atoms with Gasteiger partial charge in [0.15, 0.2) is 11.5 Å². The highest BCUT2D eigenvalue weighted by molar-refractivity contribution is 7.85. The number of nitrogens with one attached hydrogen (secondary N) is 2. The van der Waals surface area contributed by atoms with Crippen LogP contribution in [0.1, 0.15) is 12.8 Å². The highest BCUT2D eigenvalue weighted by Crippen LogP contribution is 2.31. The van der Waals surface area contributed by atoms with E-state index in [1.165, 1.54) is 6.33 Å². The second-order valence-corrected chi connectivity index (χ2v) is 9.22. The number of halogens is 1. The summed E-state index contributed by atoms with van der Waals surface area (Å²) in [7, 11) is -3.54. The van der Waals surface area contributed by atoms with Gasteiger partial charge >= 0.3 is 0 Å². The minimum absolute atomic E-state index is 0.0395.